The average molecular weight is 327 g/mol. The lowest BCUT2D eigenvalue weighted by Crippen LogP contribution is -2.28. The van der Waals surface area contributed by atoms with Crippen LogP contribution >= 0.6 is 28.1 Å². The number of halogens is 1. The fourth-order valence-electron chi connectivity index (χ4n) is 1.28. The van der Waals surface area contributed by atoms with E-state index in [1.54, 1.807) is 12.4 Å². The summed E-state index contributed by atoms with van der Waals surface area (Å²) in [6.07, 6.45) is 3.19. The maximum Gasteiger partial charge on any atom is 0.172 e. The molecule has 0 radical (unpaired) electrons. The van der Waals surface area contributed by atoms with Gasteiger partial charge in [-0.05, 0) is 47.2 Å². The molecule has 0 aromatic carbocycles. The molecule has 2 rings (SSSR count). The predicted octanol–water partition coefficient (Wildman–Crippen LogP) is 2.63. The van der Waals surface area contributed by atoms with E-state index in [0.29, 0.717) is 22.1 Å². The van der Waals surface area contributed by atoms with E-state index in [9.17, 15) is 0 Å². The first-order valence-corrected chi connectivity index (χ1v) is 6.41. The monoisotopic (exact) mass is 326 g/mol. The van der Waals surface area contributed by atoms with E-state index in [2.05, 4.69) is 36.5 Å². The molecule has 94 valence electrons. The van der Waals surface area contributed by atoms with Crippen molar-refractivity contribution in [3.63, 3.8) is 0 Å². The molecular weight excluding hydrogens is 316 g/mol. The summed E-state index contributed by atoms with van der Waals surface area (Å²) in [6.45, 7) is 2.43. The van der Waals surface area contributed by atoms with Crippen LogP contribution in [0.1, 0.15) is 11.5 Å². The minimum atomic E-state index is 0.473. The Balaban J connectivity index is 1.83. The minimum absolute atomic E-state index is 0.473. The van der Waals surface area contributed by atoms with Crippen LogP contribution in [0.4, 0.5) is 5.82 Å². The SMILES string of the molecule is Cc1ccc(CNC(=S)Nc2cnc(Br)cn2)o1. The van der Waals surface area contributed by atoms with Gasteiger partial charge in [-0.25, -0.2) is 9.97 Å². The van der Waals surface area contributed by atoms with Crippen molar-refractivity contribution in [2.75, 3.05) is 5.32 Å². The van der Waals surface area contributed by atoms with Crippen LogP contribution in [0.25, 0.3) is 0 Å². The molecule has 2 N–H and O–H groups in total. The molecular formula is C11H11BrN4OS. The summed E-state index contributed by atoms with van der Waals surface area (Å²) in [6, 6.07) is 3.82. The maximum absolute atomic E-state index is 5.42. The second-order valence-electron chi connectivity index (χ2n) is 3.54. The van der Waals surface area contributed by atoms with Crippen molar-refractivity contribution in [2.45, 2.75) is 13.5 Å². The molecule has 0 aliphatic heterocycles. The van der Waals surface area contributed by atoms with Crippen LogP contribution in [0.2, 0.25) is 0 Å². The molecule has 0 atom stereocenters. The highest BCUT2D eigenvalue weighted by Crippen LogP contribution is 2.07. The maximum atomic E-state index is 5.42. The van der Waals surface area contributed by atoms with Gasteiger partial charge in [0.25, 0.3) is 0 Å². The number of aryl methyl sites for hydroxylation is 1. The fourth-order valence-corrected chi connectivity index (χ4v) is 1.67. The van der Waals surface area contributed by atoms with Crippen LogP contribution in [-0.2, 0) is 6.54 Å². The van der Waals surface area contributed by atoms with Crippen LogP contribution < -0.4 is 10.6 Å². The van der Waals surface area contributed by atoms with Gasteiger partial charge in [-0.1, -0.05) is 0 Å². The van der Waals surface area contributed by atoms with Gasteiger partial charge in [-0.3, -0.25) is 0 Å². The van der Waals surface area contributed by atoms with Crippen LogP contribution in [-0.4, -0.2) is 15.1 Å². The van der Waals surface area contributed by atoms with Gasteiger partial charge in [0.15, 0.2) is 10.9 Å². The van der Waals surface area contributed by atoms with E-state index < -0.39 is 0 Å². The highest BCUT2D eigenvalue weighted by atomic mass is 79.9. The second-order valence-corrected chi connectivity index (χ2v) is 4.77. The molecule has 0 aliphatic rings. The number of hydrogen-bond donors (Lipinski definition) is 2. The number of thiocarbonyl (C=S) groups is 1. The fraction of sp³-hybridized carbons (Fsp3) is 0.182. The first-order chi connectivity index (χ1) is 8.63. The highest BCUT2D eigenvalue weighted by Gasteiger charge is 2.02. The third-order valence-corrected chi connectivity index (χ3v) is 2.74. The number of nitrogens with zero attached hydrogens (tertiary/aromatic N) is 2. The number of hydrogen-bond acceptors (Lipinski definition) is 4. The van der Waals surface area contributed by atoms with Crippen molar-refractivity contribution >= 4 is 39.1 Å². The van der Waals surface area contributed by atoms with Gasteiger partial charge in [-0.2, -0.15) is 0 Å². The van der Waals surface area contributed by atoms with Crippen LogP contribution in [0.3, 0.4) is 0 Å². The number of rotatable bonds is 3. The number of nitrogens with one attached hydrogen (secondary N) is 2. The van der Waals surface area contributed by atoms with E-state index in [1.165, 1.54) is 0 Å². The minimum Gasteiger partial charge on any atom is -0.465 e. The average Bonchev–Trinajstić information content (AvgIpc) is 2.76. The Hall–Kier alpha value is -1.47. The molecule has 2 aromatic rings. The summed E-state index contributed by atoms with van der Waals surface area (Å²) < 4.78 is 6.09. The Labute approximate surface area is 118 Å². The Morgan fingerprint density at radius 1 is 1.39 bits per heavy atom. The van der Waals surface area contributed by atoms with E-state index in [4.69, 9.17) is 16.6 Å². The lowest BCUT2D eigenvalue weighted by atomic mass is 10.4. The molecule has 0 bridgehead atoms. The third kappa shape index (κ3) is 3.78. The number of aromatic nitrogens is 2. The van der Waals surface area contributed by atoms with Crippen LogP contribution in [0.5, 0.6) is 0 Å². The summed E-state index contributed by atoms with van der Waals surface area (Å²) in [5.74, 6) is 2.30. The summed E-state index contributed by atoms with van der Waals surface area (Å²) in [5, 5.41) is 6.43. The molecule has 0 amide bonds. The van der Waals surface area contributed by atoms with Crippen molar-refractivity contribution in [3.8, 4) is 0 Å². The highest BCUT2D eigenvalue weighted by molar-refractivity contribution is 9.10. The Bertz CT molecular complexity index is 540. The van der Waals surface area contributed by atoms with Gasteiger partial charge in [0, 0.05) is 0 Å². The van der Waals surface area contributed by atoms with Crippen LogP contribution in [0.15, 0.2) is 33.5 Å². The summed E-state index contributed by atoms with van der Waals surface area (Å²) in [4.78, 5) is 8.15. The number of furan rings is 1. The normalized spacial score (nSPS) is 10.1. The lowest BCUT2D eigenvalue weighted by molar-refractivity contribution is 0.478. The van der Waals surface area contributed by atoms with E-state index in [0.717, 1.165) is 11.5 Å². The molecule has 0 saturated heterocycles. The van der Waals surface area contributed by atoms with Gasteiger partial charge < -0.3 is 15.1 Å². The summed E-state index contributed by atoms with van der Waals surface area (Å²) >= 11 is 8.34. The molecule has 0 fully saturated rings. The van der Waals surface area contributed by atoms with Gasteiger partial charge in [0.2, 0.25) is 0 Å². The van der Waals surface area contributed by atoms with Gasteiger partial charge in [0.05, 0.1) is 18.9 Å². The van der Waals surface area contributed by atoms with Crippen molar-refractivity contribution < 1.29 is 4.42 Å². The van der Waals surface area contributed by atoms with Crippen LogP contribution in [0, 0.1) is 6.92 Å². The molecule has 0 aliphatic carbocycles. The van der Waals surface area contributed by atoms with Gasteiger partial charge >= 0.3 is 0 Å². The second kappa shape index (κ2) is 5.92. The molecule has 0 saturated carbocycles. The smallest absolute Gasteiger partial charge is 0.172 e. The van der Waals surface area contributed by atoms with Crippen molar-refractivity contribution in [2.24, 2.45) is 0 Å². The zero-order valence-electron chi connectivity index (χ0n) is 9.61. The summed E-state index contributed by atoms with van der Waals surface area (Å²) in [5.41, 5.74) is 0. The van der Waals surface area contributed by atoms with Crippen molar-refractivity contribution in [1.82, 2.24) is 15.3 Å². The molecule has 5 nitrogen and oxygen atoms in total. The largest absolute Gasteiger partial charge is 0.465 e. The molecule has 0 unspecified atom stereocenters. The lowest BCUT2D eigenvalue weighted by Gasteiger charge is -2.08. The Kier molecular flexibility index (Phi) is 4.27. The van der Waals surface area contributed by atoms with Gasteiger partial charge in [0.1, 0.15) is 16.1 Å². The third-order valence-electron chi connectivity index (χ3n) is 2.08. The predicted molar refractivity (Wildman–Crippen MR) is 76.2 cm³/mol. The van der Waals surface area contributed by atoms with E-state index >= 15 is 0 Å². The van der Waals surface area contributed by atoms with E-state index in [1.807, 2.05) is 19.1 Å². The summed E-state index contributed by atoms with van der Waals surface area (Å²) in [7, 11) is 0. The molecule has 2 aromatic heterocycles. The first kappa shape index (κ1) is 13.0. The first-order valence-electron chi connectivity index (χ1n) is 5.21. The van der Waals surface area contributed by atoms with E-state index in [-0.39, 0.29) is 0 Å². The Morgan fingerprint density at radius 3 is 2.83 bits per heavy atom. The molecule has 2 heterocycles. The quantitative estimate of drug-likeness (QED) is 0.845. The number of anilines is 1. The standard InChI is InChI=1S/C11H11BrN4OS/c1-7-2-3-8(17-7)4-15-11(18)16-10-6-13-9(12)5-14-10/h2-3,5-6H,4H2,1H3,(H2,14,15,16,18). The zero-order chi connectivity index (χ0) is 13.0. The molecule has 7 heteroatoms. The molecule has 0 spiro atoms. The zero-order valence-corrected chi connectivity index (χ0v) is 12.0. The van der Waals surface area contributed by atoms with Crippen molar-refractivity contribution in [3.05, 3.63) is 40.7 Å². The van der Waals surface area contributed by atoms with Crippen molar-refractivity contribution in [1.29, 1.82) is 0 Å². The topological polar surface area (TPSA) is 63.0 Å². The van der Waals surface area contributed by atoms with Gasteiger partial charge in [-0.15, -0.1) is 0 Å². The Morgan fingerprint density at radius 2 is 2.22 bits per heavy atom. The molecule has 18 heavy (non-hydrogen) atoms.